The lowest BCUT2D eigenvalue weighted by Crippen LogP contribution is -2.30. The Labute approximate surface area is 600 Å². The fourth-order valence-electron chi connectivity index (χ4n) is 12.0. The van der Waals surface area contributed by atoms with E-state index >= 15 is 0 Å². The van der Waals surface area contributed by atoms with Gasteiger partial charge in [0.1, 0.15) is 19.3 Å². The third-order valence-electron chi connectivity index (χ3n) is 19.0. The van der Waals surface area contributed by atoms with Crippen molar-refractivity contribution in [3.05, 3.63) is 0 Å². The normalized spacial score (nSPS) is 14.6. The van der Waals surface area contributed by atoms with Crippen molar-refractivity contribution >= 4 is 39.5 Å². The van der Waals surface area contributed by atoms with Crippen molar-refractivity contribution in [3.8, 4) is 0 Å². The molecule has 0 saturated heterocycles. The summed E-state index contributed by atoms with van der Waals surface area (Å²) in [5.74, 6) is 1.03. The standard InChI is InChI=1S/C79H154O17P2/c1-9-71(7)57-49-41-33-25-20-22-26-35-43-51-59-76(81)89-65-74(95-78(83)61-53-45-37-27-18-16-14-12-11-13-15-17-23-31-39-47-55-69(3)4)67-93-97(85,86)91-63-73(80)64-92-98(87,88)94-68-75(66-90-77(82)60-52-44-36-30-29-34-42-50-58-72(8)10-2)96-79(84)62-54-46-38-28-21-19-24-32-40-48-56-70(5)6/h69-75,80H,9-68H2,1-8H3,(H,85,86)(H,87,88)/t71?,72?,73-,74-,75-/m1/s1. The van der Waals surface area contributed by atoms with E-state index < -0.39 is 97.5 Å². The Hall–Kier alpha value is -1.94. The van der Waals surface area contributed by atoms with Crippen LogP contribution in [0.3, 0.4) is 0 Å². The molecule has 582 valence electrons. The number of hydrogen-bond donors (Lipinski definition) is 3. The van der Waals surface area contributed by atoms with Gasteiger partial charge in [-0.05, 0) is 49.4 Å². The second-order valence-corrected chi connectivity index (χ2v) is 32.8. The molecular weight excluding hydrogens is 1280 g/mol. The van der Waals surface area contributed by atoms with Crippen LogP contribution in [0.15, 0.2) is 0 Å². The van der Waals surface area contributed by atoms with E-state index in [1.165, 1.54) is 205 Å². The highest BCUT2D eigenvalue weighted by Crippen LogP contribution is 2.45. The molecule has 7 atom stereocenters. The first-order valence-corrected chi connectivity index (χ1v) is 43.8. The van der Waals surface area contributed by atoms with Crippen LogP contribution < -0.4 is 0 Å². The average molecular weight is 1440 g/mol. The minimum absolute atomic E-state index is 0.105. The summed E-state index contributed by atoms with van der Waals surface area (Å²) in [6.45, 7) is 14.3. The van der Waals surface area contributed by atoms with Gasteiger partial charge in [-0.1, -0.05) is 351 Å². The molecule has 17 nitrogen and oxygen atoms in total. The van der Waals surface area contributed by atoms with Crippen molar-refractivity contribution < 1.29 is 80.2 Å². The smallest absolute Gasteiger partial charge is 0.462 e. The van der Waals surface area contributed by atoms with Crippen LogP contribution in [0.2, 0.25) is 0 Å². The Bertz CT molecular complexity index is 1920. The number of ether oxygens (including phenoxy) is 4. The Kier molecular flexibility index (Phi) is 66.8. The van der Waals surface area contributed by atoms with Gasteiger partial charge in [0.05, 0.1) is 26.4 Å². The Morgan fingerprint density at radius 3 is 0.724 bits per heavy atom. The Morgan fingerprint density at radius 2 is 0.490 bits per heavy atom. The summed E-state index contributed by atoms with van der Waals surface area (Å²) >= 11 is 0. The summed E-state index contributed by atoms with van der Waals surface area (Å²) < 4.78 is 68.7. The summed E-state index contributed by atoms with van der Waals surface area (Å²) in [7, 11) is -9.92. The van der Waals surface area contributed by atoms with Gasteiger partial charge in [0.15, 0.2) is 12.2 Å². The monoisotopic (exact) mass is 1440 g/mol. The molecule has 0 spiro atoms. The van der Waals surface area contributed by atoms with Crippen LogP contribution in [0.5, 0.6) is 0 Å². The zero-order chi connectivity index (χ0) is 72.4. The van der Waals surface area contributed by atoms with Crippen LogP contribution in [0.1, 0.15) is 402 Å². The third-order valence-corrected chi connectivity index (χ3v) is 20.9. The zero-order valence-electron chi connectivity index (χ0n) is 64.4. The number of hydrogen-bond acceptors (Lipinski definition) is 15. The highest BCUT2D eigenvalue weighted by molar-refractivity contribution is 7.47. The largest absolute Gasteiger partial charge is 0.472 e. The molecule has 3 N–H and O–H groups in total. The number of aliphatic hydroxyl groups excluding tert-OH is 1. The van der Waals surface area contributed by atoms with Gasteiger partial charge in [-0.15, -0.1) is 0 Å². The molecule has 0 aromatic carbocycles. The van der Waals surface area contributed by atoms with Gasteiger partial charge < -0.3 is 33.8 Å². The van der Waals surface area contributed by atoms with E-state index in [9.17, 15) is 43.2 Å². The molecule has 0 fully saturated rings. The maximum absolute atomic E-state index is 13.1. The molecule has 0 amide bonds. The van der Waals surface area contributed by atoms with Gasteiger partial charge in [0.2, 0.25) is 0 Å². The topological polar surface area (TPSA) is 237 Å². The molecule has 0 rings (SSSR count). The fraction of sp³-hybridized carbons (Fsp3) is 0.949. The zero-order valence-corrected chi connectivity index (χ0v) is 66.2. The van der Waals surface area contributed by atoms with E-state index in [0.717, 1.165) is 114 Å². The van der Waals surface area contributed by atoms with Gasteiger partial charge in [-0.3, -0.25) is 37.3 Å². The lowest BCUT2D eigenvalue weighted by atomic mass is 9.99. The molecule has 0 saturated carbocycles. The molecular formula is C79H154O17P2. The summed E-state index contributed by atoms with van der Waals surface area (Å²) in [6, 6.07) is 0. The number of rotatable bonds is 76. The minimum atomic E-state index is -4.96. The summed E-state index contributed by atoms with van der Waals surface area (Å²) in [4.78, 5) is 73.0. The van der Waals surface area contributed by atoms with E-state index in [-0.39, 0.29) is 25.7 Å². The Balaban J connectivity index is 5.26. The van der Waals surface area contributed by atoms with Crippen molar-refractivity contribution in [1.82, 2.24) is 0 Å². The molecule has 0 aromatic heterocycles. The van der Waals surface area contributed by atoms with Crippen molar-refractivity contribution in [2.75, 3.05) is 39.6 Å². The number of phosphoric acid groups is 2. The van der Waals surface area contributed by atoms with Crippen LogP contribution in [-0.4, -0.2) is 96.7 Å². The van der Waals surface area contributed by atoms with E-state index in [1.54, 1.807) is 0 Å². The molecule has 98 heavy (non-hydrogen) atoms. The molecule has 0 aliphatic carbocycles. The van der Waals surface area contributed by atoms with E-state index in [2.05, 4.69) is 55.4 Å². The second-order valence-electron chi connectivity index (χ2n) is 29.9. The molecule has 0 aliphatic rings. The molecule has 4 unspecified atom stereocenters. The van der Waals surface area contributed by atoms with Crippen LogP contribution in [0, 0.1) is 23.7 Å². The van der Waals surface area contributed by atoms with Gasteiger partial charge in [0, 0.05) is 25.7 Å². The molecule has 0 heterocycles. The lowest BCUT2D eigenvalue weighted by Gasteiger charge is -2.21. The quantitative estimate of drug-likeness (QED) is 0.0222. The number of carbonyl (C=O) groups is 4. The van der Waals surface area contributed by atoms with Crippen LogP contribution in [-0.2, 0) is 65.4 Å². The lowest BCUT2D eigenvalue weighted by molar-refractivity contribution is -0.161. The molecule has 0 bridgehead atoms. The fourth-order valence-corrected chi connectivity index (χ4v) is 13.6. The van der Waals surface area contributed by atoms with E-state index in [4.69, 9.17) is 37.0 Å². The average Bonchev–Trinajstić information content (AvgIpc) is 1.06. The van der Waals surface area contributed by atoms with Crippen molar-refractivity contribution in [3.63, 3.8) is 0 Å². The first-order chi connectivity index (χ1) is 47.2. The maximum atomic E-state index is 13.1. The SMILES string of the molecule is CCC(C)CCCCCCCCCCCCC(=O)OC[C@H](COP(=O)(O)OC[C@@H](O)COP(=O)(O)OC[C@@H](COC(=O)CCCCCCCCCCC(C)CC)OC(=O)CCCCCCCCCCCCC(C)C)OC(=O)CCCCCCCCCCCCCCCCCCC(C)C. The van der Waals surface area contributed by atoms with E-state index in [0.29, 0.717) is 25.7 Å². The van der Waals surface area contributed by atoms with Gasteiger partial charge in [-0.2, -0.15) is 0 Å². The van der Waals surface area contributed by atoms with Crippen molar-refractivity contribution in [1.29, 1.82) is 0 Å². The molecule has 0 radical (unpaired) electrons. The number of esters is 4. The molecule has 19 heteroatoms. The predicted molar refractivity (Wildman–Crippen MR) is 400 cm³/mol. The number of aliphatic hydroxyl groups is 1. The first kappa shape index (κ1) is 96.1. The summed E-state index contributed by atoms with van der Waals surface area (Å²) in [6.07, 6.45) is 53.9. The van der Waals surface area contributed by atoms with Crippen LogP contribution in [0.4, 0.5) is 0 Å². The summed E-state index contributed by atoms with van der Waals surface area (Å²) in [5.41, 5.74) is 0. The Morgan fingerprint density at radius 1 is 0.286 bits per heavy atom. The van der Waals surface area contributed by atoms with Crippen molar-refractivity contribution in [2.24, 2.45) is 23.7 Å². The predicted octanol–water partition coefficient (Wildman–Crippen LogP) is 23.2. The summed E-state index contributed by atoms with van der Waals surface area (Å²) in [5, 5.41) is 10.6. The number of carbonyl (C=O) groups excluding carboxylic acids is 4. The number of unbranched alkanes of at least 4 members (excludes halogenated alkanes) is 40. The highest BCUT2D eigenvalue weighted by Gasteiger charge is 2.30. The van der Waals surface area contributed by atoms with Gasteiger partial charge in [-0.25, -0.2) is 9.13 Å². The highest BCUT2D eigenvalue weighted by atomic mass is 31.2. The van der Waals surface area contributed by atoms with Crippen molar-refractivity contribution in [2.45, 2.75) is 420 Å². The molecule has 0 aromatic rings. The third kappa shape index (κ3) is 69.8. The van der Waals surface area contributed by atoms with Gasteiger partial charge in [0.25, 0.3) is 0 Å². The van der Waals surface area contributed by atoms with Gasteiger partial charge >= 0.3 is 39.5 Å². The molecule has 0 aliphatic heterocycles. The number of phosphoric ester groups is 2. The van der Waals surface area contributed by atoms with E-state index in [1.807, 2.05) is 0 Å². The van der Waals surface area contributed by atoms with Crippen LogP contribution in [0.25, 0.3) is 0 Å². The van der Waals surface area contributed by atoms with Crippen LogP contribution >= 0.6 is 15.6 Å². The second kappa shape index (κ2) is 68.2. The minimum Gasteiger partial charge on any atom is -0.462 e. The maximum Gasteiger partial charge on any atom is 0.472 e. The first-order valence-electron chi connectivity index (χ1n) is 40.8.